The van der Waals surface area contributed by atoms with Gasteiger partial charge in [0, 0.05) is 23.6 Å². The summed E-state index contributed by atoms with van der Waals surface area (Å²) in [7, 11) is 2.10. The van der Waals surface area contributed by atoms with Crippen LogP contribution in [0.25, 0.3) is 0 Å². The average Bonchev–Trinajstić information content (AvgIpc) is 2.41. The van der Waals surface area contributed by atoms with Gasteiger partial charge in [-0.1, -0.05) is 12.1 Å². The van der Waals surface area contributed by atoms with Crippen molar-refractivity contribution >= 4 is 5.78 Å². The Morgan fingerprint density at radius 3 is 2.60 bits per heavy atom. The van der Waals surface area contributed by atoms with Crippen molar-refractivity contribution < 1.29 is 13.9 Å². The second-order valence-corrected chi connectivity index (χ2v) is 5.96. The molecule has 4 heteroatoms. The molecule has 2 heterocycles. The fourth-order valence-corrected chi connectivity index (χ4v) is 3.40. The third kappa shape index (κ3) is 2.27. The number of ether oxygens (including phenoxy) is 1. The Morgan fingerprint density at radius 2 is 1.95 bits per heavy atom. The molecule has 0 amide bonds. The molecule has 1 aromatic carbocycles. The zero-order chi connectivity index (χ0) is 14.3. The molecular weight excluding hydrogens is 257 g/mol. The summed E-state index contributed by atoms with van der Waals surface area (Å²) >= 11 is 0. The summed E-state index contributed by atoms with van der Waals surface area (Å²) in [4.78, 5) is 15.0. The lowest BCUT2D eigenvalue weighted by Crippen LogP contribution is -2.55. The van der Waals surface area contributed by atoms with Crippen LogP contribution in [-0.4, -0.2) is 43.0 Å². The Labute approximate surface area is 118 Å². The number of nitrogens with zero attached hydrogens (tertiary/aromatic N) is 1. The van der Waals surface area contributed by atoms with Crippen LogP contribution in [0.4, 0.5) is 4.39 Å². The summed E-state index contributed by atoms with van der Waals surface area (Å²) in [5.41, 5.74) is 1.01. The first-order valence-electron chi connectivity index (χ1n) is 7.17. The van der Waals surface area contributed by atoms with Crippen molar-refractivity contribution in [1.82, 2.24) is 4.90 Å². The van der Waals surface area contributed by atoms with Crippen LogP contribution in [0.3, 0.4) is 0 Å². The monoisotopic (exact) mass is 277 g/mol. The summed E-state index contributed by atoms with van der Waals surface area (Å²) in [6.07, 6.45) is 1.61. The smallest absolute Gasteiger partial charge is 0.166 e. The quantitative estimate of drug-likeness (QED) is 0.778. The normalized spacial score (nSPS) is 30.2. The van der Waals surface area contributed by atoms with Crippen LogP contribution in [0.5, 0.6) is 0 Å². The molecule has 0 N–H and O–H groups in total. The fourth-order valence-electron chi connectivity index (χ4n) is 3.40. The van der Waals surface area contributed by atoms with E-state index < -0.39 is 0 Å². The second-order valence-electron chi connectivity index (χ2n) is 5.96. The number of morpholine rings is 1. The fraction of sp³-hybridized carbons (Fsp3) is 0.562. The third-order valence-electron chi connectivity index (χ3n) is 4.79. The lowest BCUT2D eigenvalue weighted by atomic mass is 9.80. The van der Waals surface area contributed by atoms with Crippen molar-refractivity contribution in [3.8, 4) is 0 Å². The molecule has 0 saturated carbocycles. The van der Waals surface area contributed by atoms with Crippen LogP contribution >= 0.6 is 0 Å². The van der Waals surface area contributed by atoms with Crippen molar-refractivity contribution in [3.05, 3.63) is 35.1 Å². The van der Waals surface area contributed by atoms with E-state index in [4.69, 9.17) is 4.74 Å². The first kappa shape index (κ1) is 13.7. The number of likely N-dealkylation sites (N-methyl/N-ethyl adjacent to an activating group) is 1. The van der Waals surface area contributed by atoms with E-state index in [2.05, 4.69) is 11.9 Å². The van der Waals surface area contributed by atoms with Gasteiger partial charge in [0.25, 0.3) is 0 Å². The minimum Gasteiger partial charge on any atom is -0.378 e. The number of halogens is 1. The molecule has 2 bridgehead atoms. The largest absolute Gasteiger partial charge is 0.378 e. The standard InChI is InChI=1S/C16H20FNO2/c1-10-14(4-3-5-15(10)17)16(19)11-6-12-8-20-9-13(7-11)18(12)2/h3-5,11-13H,6-9H2,1-2H3. The first-order chi connectivity index (χ1) is 9.58. The molecular formula is C16H20FNO2. The van der Waals surface area contributed by atoms with E-state index >= 15 is 0 Å². The van der Waals surface area contributed by atoms with E-state index in [0.717, 1.165) is 12.8 Å². The van der Waals surface area contributed by atoms with E-state index in [0.29, 0.717) is 36.4 Å². The van der Waals surface area contributed by atoms with Gasteiger partial charge in [0.2, 0.25) is 0 Å². The molecule has 0 spiro atoms. The van der Waals surface area contributed by atoms with Gasteiger partial charge in [-0.25, -0.2) is 4.39 Å². The van der Waals surface area contributed by atoms with Gasteiger partial charge >= 0.3 is 0 Å². The van der Waals surface area contributed by atoms with Gasteiger partial charge in [-0.2, -0.15) is 0 Å². The molecule has 1 aromatic rings. The number of carbonyl (C=O) groups is 1. The predicted molar refractivity (Wildman–Crippen MR) is 74.3 cm³/mol. The van der Waals surface area contributed by atoms with Crippen LogP contribution in [-0.2, 0) is 4.74 Å². The number of hydrogen-bond acceptors (Lipinski definition) is 3. The van der Waals surface area contributed by atoms with Crippen LogP contribution in [0.15, 0.2) is 18.2 Å². The SMILES string of the molecule is Cc1c(F)cccc1C(=O)C1CC2COCC(C1)N2C. The molecule has 20 heavy (non-hydrogen) atoms. The number of fused-ring (bicyclic) bond motifs is 2. The number of ketones is 1. The molecule has 2 unspecified atom stereocenters. The Kier molecular flexibility index (Phi) is 3.61. The molecule has 2 atom stereocenters. The molecule has 0 aliphatic carbocycles. The van der Waals surface area contributed by atoms with Crippen molar-refractivity contribution in [2.45, 2.75) is 31.8 Å². The van der Waals surface area contributed by atoms with E-state index in [1.54, 1.807) is 19.1 Å². The highest BCUT2D eigenvalue weighted by molar-refractivity contribution is 5.99. The van der Waals surface area contributed by atoms with E-state index in [1.807, 2.05) is 0 Å². The molecule has 2 fully saturated rings. The van der Waals surface area contributed by atoms with Gasteiger partial charge in [-0.15, -0.1) is 0 Å². The number of carbonyl (C=O) groups excluding carboxylic acids is 1. The highest BCUT2D eigenvalue weighted by atomic mass is 19.1. The zero-order valence-electron chi connectivity index (χ0n) is 11.9. The van der Waals surface area contributed by atoms with E-state index in [1.165, 1.54) is 6.07 Å². The number of rotatable bonds is 2. The number of hydrogen-bond donors (Lipinski definition) is 0. The highest BCUT2D eigenvalue weighted by Gasteiger charge is 2.39. The van der Waals surface area contributed by atoms with Crippen molar-refractivity contribution in [2.75, 3.05) is 20.3 Å². The average molecular weight is 277 g/mol. The zero-order valence-corrected chi connectivity index (χ0v) is 11.9. The minimum absolute atomic E-state index is 0.00870. The summed E-state index contributed by atoms with van der Waals surface area (Å²) in [5.74, 6) is -0.218. The lowest BCUT2D eigenvalue weighted by Gasteiger charge is -2.46. The summed E-state index contributed by atoms with van der Waals surface area (Å²) in [5, 5.41) is 0. The molecule has 0 aromatic heterocycles. The van der Waals surface area contributed by atoms with Gasteiger partial charge < -0.3 is 4.74 Å². The van der Waals surface area contributed by atoms with Crippen LogP contribution in [0.2, 0.25) is 0 Å². The Balaban J connectivity index is 1.83. The first-order valence-corrected chi connectivity index (χ1v) is 7.17. The topological polar surface area (TPSA) is 29.5 Å². The summed E-state index contributed by atoms with van der Waals surface area (Å²) in [6.45, 7) is 3.07. The second kappa shape index (κ2) is 5.26. The van der Waals surface area contributed by atoms with Crippen LogP contribution < -0.4 is 0 Å². The Bertz CT molecular complexity index is 517. The number of Topliss-reactive ketones (excluding diaryl/α,β-unsaturated/α-hetero) is 1. The number of piperidine rings is 1. The Morgan fingerprint density at radius 1 is 1.30 bits per heavy atom. The van der Waals surface area contributed by atoms with Gasteiger partial charge in [0.05, 0.1) is 13.2 Å². The van der Waals surface area contributed by atoms with Gasteiger partial charge in [0.15, 0.2) is 5.78 Å². The van der Waals surface area contributed by atoms with Crippen LogP contribution in [0.1, 0.15) is 28.8 Å². The molecule has 108 valence electrons. The minimum atomic E-state index is -0.299. The summed E-state index contributed by atoms with van der Waals surface area (Å²) in [6, 6.07) is 5.39. The third-order valence-corrected chi connectivity index (χ3v) is 4.79. The van der Waals surface area contributed by atoms with Crippen molar-refractivity contribution in [3.63, 3.8) is 0 Å². The maximum atomic E-state index is 13.6. The van der Waals surface area contributed by atoms with E-state index in [9.17, 15) is 9.18 Å². The van der Waals surface area contributed by atoms with Crippen LogP contribution in [0, 0.1) is 18.7 Å². The number of benzene rings is 1. The highest BCUT2D eigenvalue weighted by Crippen LogP contribution is 2.33. The maximum absolute atomic E-state index is 13.6. The van der Waals surface area contributed by atoms with Gasteiger partial charge in [-0.3, -0.25) is 9.69 Å². The lowest BCUT2D eigenvalue weighted by molar-refractivity contribution is -0.0702. The Hall–Kier alpha value is -1.26. The maximum Gasteiger partial charge on any atom is 0.166 e. The van der Waals surface area contributed by atoms with E-state index in [-0.39, 0.29) is 17.5 Å². The predicted octanol–water partition coefficient (Wildman–Crippen LogP) is 2.43. The molecule has 2 saturated heterocycles. The molecule has 3 nitrogen and oxygen atoms in total. The van der Waals surface area contributed by atoms with Gasteiger partial charge in [0.1, 0.15) is 5.82 Å². The summed E-state index contributed by atoms with van der Waals surface area (Å²) < 4.78 is 19.2. The molecule has 2 aliphatic rings. The van der Waals surface area contributed by atoms with Gasteiger partial charge in [-0.05, 0) is 38.4 Å². The van der Waals surface area contributed by atoms with Crippen molar-refractivity contribution in [2.24, 2.45) is 5.92 Å². The molecule has 3 rings (SSSR count). The molecule has 0 radical (unpaired) electrons. The molecule has 2 aliphatic heterocycles. The van der Waals surface area contributed by atoms with Crippen molar-refractivity contribution in [1.29, 1.82) is 0 Å².